The van der Waals surface area contributed by atoms with Crippen molar-refractivity contribution in [3.8, 4) is 0 Å². The van der Waals surface area contributed by atoms with E-state index in [4.69, 9.17) is 0 Å². The van der Waals surface area contributed by atoms with Crippen LogP contribution >= 0.6 is 0 Å². The number of aliphatic hydroxyl groups is 1. The summed E-state index contributed by atoms with van der Waals surface area (Å²) in [4.78, 5) is 26.6. The summed E-state index contributed by atoms with van der Waals surface area (Å²) in [6, 6.07) is 0.164. The Kier molecular flexibility index (Phi) is 20.7. The van der Waals surface area contributed by atoms with Crippen LogP contribution in [0.2, 0.25) is 0 Å². The minimum Gasteiger partial charge on any atom is -0.392 e. The third-order valence-electron chi connectivity index (χ3n) is 6.31. The normalized spacial score (nSPS) is 14.2. The Labute approximate surface area is 204 Å². The van der Waals surface area contributed by atoms with Crippen molar-refractivity contribution < 1.29 is 14.7 Å². The van der Waals surface area contributed by atoms with Gasteiger partial charge in [-0.2, -0.15) is 0 Å². The second-order valence-electron chi connectivity index (χ2n) is 9.89. The maximum atomic E-state index is 12.2. The van der Waals surface area contributed by atoms with Crippen LogP contribution in [0.3, 0.4) is 0 Å². The van der Waals surface area contributed by atoms with Crippen LogP contribution in [-0.2, 0) is 9.59 Å². The fourth-order valence-corrected chi connectivity index (χ4v) is 4.17. The van der Waals surface area contributed by atoms with Crippen molar-refractivity contribution in [2.24, 2.45) is 0 Å². The average Bonchev–Trinajstić information content (AvgIpc) is 2.78. The number of carbonyl (C=O) groups is 2. The summed E-state index contributed by atoms with van der Waals surface area (Å²) in [5, 5.41) is 16.1. The summed E-state index contributed by atoms with van der Waals surface area (Å²) in [6.07, 6.45) is 14.8. The molecule has 0 saturated carbocycles. The average molecular weight is 470 g/mol. The smallest absolute Gasteiger partial charge is 0.220 e. The number of unbranched alkanes of at least 4 members (excludes halogenated alkanes) is 10. The lowest BCUT2D eigenvalue weighted by Gasteiger charge is -2.35. The zero-order chi connectivity index (χ0) is 24.9. The molecule has 3 atom stereocenters. The summed E-state index contributed by atoms with van der Waals surface area (Å²) in [6.45, 7) is 12.0. The van der Waals surface area contributed by atoms with E-state index in [1.807, 2.05) is 0 Å². The fourth-order valence-electron chi connectivity index (χ4n) is 4.17. The molecular formula is C27H55N3O3. The van der Waals surface area contributed by atoms with Gasteiger partial charge in [-0.25, -0.2) is 0 Å². The molecule has 0 aliphatic rings. The van der Waals surface area contributed by atoms with Gasteiger partial charge in [-0.15, -0.1) is 0 Å². The molecule has 0 fully saturated rings. The second-order valence-corrected chi connectivity index (χ2v) is 9.89. The molecule has 0 bridgehead atoms. The predicted molar refractivity (Wildman–Crippen MR) is 139 cm³/mol. The number of nitrogens with zero attached hydrogens (tertiary/aromatic N) is 1. The standard InChI is InChI=1S/C27H55N3O3/c1-6-8-10-12-14-16-18-26(32)28-20-23(3)30(22-25(5)31)24(4)21-29-27(33)19-17-15-13-11-9-7-2/h23-25,31H,6-22H2,1-5H3,(H,28,32)(H,29,33). The molecule has 0 spiro atoms. The van der Waals surface area contributed by atoms with Gasteiger partial charge in [0.1, 0.15) is 0 Å². The van der Waals surface area contributed by atoms with Crippen LogP contribution < -0.4 is 10.6 Å². The minimum atomic E-state index is -0.465. The number of aliphatic hydroxyl groups excluding tert-OH is 1. The Bertz CT molecular complexity index is 447. The lowest BCUT2D eigenvalue weighted by Crippen LogP contribution is -2.52. The minimum absolute atomic E-state index is 0.0820. The number of carbonyl (C=O) groups excluding carboxylic acids is 2. The van der Waals surface area contributed by atoms with Crippen LogP contribution in [0, 0.1) is 0 Å². The Morgan fingerprint density at radius 2 is 1.03 bits per heavy atom. The molecule has 3 N–H and O–H groups in total. The highest BCUT2D eigenvalue weighted by Gasteiger charge is 2.22. The van der Waals surface area contributed by atoms with Gasteiger partial charge in [0.25, 0.3) is 0 Å². The molecule has 33 heavy (non-hydrogen) atoms. The van der Waals surface area contributed by atoms with Gasteiger partial charge in [-0.05, 0) is 33.6 Å². The van der Waals surface area contributed by atoms with Gasteiger partial charge in [0.05, 0.1) is 6.10 Å². The first-order valence-electron chi connectivity index (χ1n) is 13.8. The Balaban J connectivity index is 4.27. The van der Waals surface area contributed by atoms with Crippen LogP contribution in [-0.4, -0.2) is 59.6 Å². The van der Waals surface area contributed by atoms with Gasteiger partial charge in [-0.3, -0.25) is 14.5 Å². The number of rotatable bonds is 22. The van der Waals surface area contributed by atoms with Crippen molar-refractivity contribution in [1.82, 2.24) is 15.5 Å². The molecular weight excluding hydrogens is 414 g/mol. The number of amides is 2. The maximum Gasteiger partial charge on any atom is 0.220 e. The molecule has 3 unspecified atom stereocenters. The van der Waals surface area contributed by atoms with Gasteiger partial charge >= 0.3 is 0 Å². The van der Waals surface area contributed by atoms with E-state index in [-0.39, 0.29) is 23.9 Å². The molecule has 0 aliphatic carbocycles. The van der Waals surface area contributed by atoms with Crippen molar-refractivity contribution in [2.45, 2.75) is 143 Å². The van der Waals surface area contributed by atoms with Crippen LogP contribution in [0.4, 0.5) is 0 Å². The number of hydrogen-bond donors (Lipinski definition) is 3. The highest BCUT2D eigenvalue weighted by molar-refractivity contribution is 5.76. The molecule has 6 heteroatoms. The third kappa shape index (κ3) is 18.9. The highest BCUT2D eigenvalue weighted by atomic mass is 16.3. The molecule has 0 rings (SSSR count). The molecule has 2 amide bonds. The Morgan fingerprint density at radius 1 is 0.667 bits per heavy atom. The van der Waals surface area contributed by atoms with Gasteiger partial charge < -0.3 is 15.7 Å². The second kappa shape index (κ2) is 21.4. The van der Waals surface area contributed by atoms with Gasteiger partial charge in [0, 0.05) is 44.6 Å². The third-order valence-corrected chi connectivity index (χ3v) is 6.31. The summed E-state index contributed by atoms with van der Waals surface area (Å²) in [7, 11) is 0. The van der Waals surface area contributed by atoms with E-state index in [2.05, 4.69) is 43.2 Å². The van der Waals surface area contributed by atoms with E-state index in [0.29, 0.717) is 32.5 Å². The van der Waals surface area contributed by atoms with Crippen LogP contribution in [0.15, 0.2) is 0 Å². The quantitative estimate of drug-likeness (QED) is 0.191. The lowest BCUT2D eigenvalue weighted by molar-refractivity contribution is -0.122. The zero-order valence-corrected chi connectivity index (χ0v) is 22.5. The summed E-state index contributed by atoms with van der Waals surface area (Å²) in [5.41, 5.74) is 0. The van der Waals surface area contributed by atoms with Gasteiger partial charge in [0.15, 0.2) is 0 Å². The monoisotopic (exact) mass is 469 g/mol. The first kappa shape index (κ1) is 31.9. The largest absolute Gasteiger partial charge is 0.392 e. The topological polar surface area (TPSA) is 81.7 Å². The van der Waals surface area contributed by atoms with E-state index in [1.165, 1.54) is 51.4 Å². The van der Waals surface area contributed by atoms with Crippen LogP contribution in [0.5, 0.6) is 0 Å². The summed E-state index contributed by atoms with van der Waals surface area (Å²) in [5.74, 6) is 0.212. The van der Waals surface area contributed by atoms with Crippen molar-refractivity contribution in [3.63, 3.8) is 0 Å². The van der Waals surface area contributed by atoms with Gasteiger partial charge in [-0.1, -0.05) is 78.1 Å². The lowest BCUT2D eigenvalue weighted by atomic mass is 10.1. The SMILES string of the molecule is CCCCCCCCC(=O)NCC(C)N(CC(C)O)C(C)CNC(=O)CCCCCCCC. The van der Waals surface area contributed by atoms with Crippen molar-refractivity contribution in [3.05, 3.63) is 0 Å². The van der Waals surface area contributed by atoms with E-state index in [0.717, 1.165) is 25.7 Å². The highest BCUT2D eigenvalue weighted by Crippen LogP contribution is 2.10. The fraction of sp³-hybridized carbons (Fsp3) is 0.926. The molecule has 196 valence electrons. The maximum absolute atomic E-state index is 12.2. The zero-order valence-electron chi connectivity index (χ0n) is 22.5. The van der Waals surface area contributed by atoms with Gasteiger partial charge in [0.2, 0.25) is 11.8 Å². The Hall–Kier alpha value is -1.14. The van der Waals surface area contributed by atoms with Crippen molar-refractivity contribution >= 4 is 11.8 Å². The molecule has 0 radical (unpaired) electrons. The first-order valence-corrected chi connectivity index (χ1v) is 13.8. The van der Waals surface area contributed by atoms with Crippen molar-refractivity contribution in [2.75, 3.05) is 19.6 Å². The molecule has 0 aromatic rings. The Morgan fingerprint density at radius 3 is 1.39 bits per heavy atom. The molecule has 0 aromatic heterocycles. The molecule has 0 aromatic carbocycles. The first-order chi connectivity index (χ1) is 15.8. The van der Waals surface area contributed by atoms with Crippen molar-refractivity contribution in [1.29, 1.82) is 0 Å². The molecule has 0 saturated heterocycles. The predicted octanol–water partition coefficient (Wildman–Crippen LogP) is 5.18. The van der Waals surface area contributed by atoms with E-state index in [9.17, 15) is 14.7 Å². The number of hydrogen-bond acceptors (Lipinski definition) is 4. The summed E-state index contributed by atoms with van der Waals surface area (Å²) < 4.78 is 0. The van der Waals surface area contributed by atoms with E-state index >= 15 is 0 Å². The van der Waals surface area contributed by atoms with Crippen LogP contribution in [0.25, 0.3) is 0 Å². The summed E-state index contributed by atoms with van der Waals surface area (Å²) >= 11 is 0. The number of nitrogens with one attached hydrogen (secondary N) is 2. The molecule has 0 heterocycles. The van der Waals surface area contributed by atoms with E-state index in [1.54, 1.807) is 6.92 Å². The molecule has 0 aliphatic heterocycles. The van der Waals surface area contributed by atoms with Crippen LogP contribution in [0.1, 0.15) is 125 Å². The van der Waals surface area contributed by atoms with E-state index < -0.39 is 6.10 Å². The molecule has 6 nitrogen and oxygen atoms in total.